The van der Waals surface area contributed by atoms with E-state index in [0.717, 1.165) is 34.3 Å². The van der Waals surface area contributed by atoms with E-state index in [2.05, 4.69) is 11.4 Å². The highest BCUT2D eigenvalue weighted by atomic mass is 35.5. The van der Waals surface area contributed by atoms with Gasteiger partial charge in [0.15, 0.2) is 0 Å². The number of hydrogen-bond acceptors (Lipinski definition) is 3. The van der Waals surface area contributed by atoms with Crippen LogP contribution in [0.15, 0.2) is 28.7 Å². The molecule has 1 aromatic carbocycles. The first kappa shape index (κ1) is 14.9. The van der Waals surface area contributed by atoms with Gasteiger partial charge in [0.1, 0.15) is 17.3 Å². The first-order valence-corrected chi connectivity index (χ1v) is 6.99. The lowest BCUT2D eigenvalue weighted by Gasteiger charge is -2.17. The normalized spacial score (nSPS) is 12.4. The highest BCUT2D eigenvalue weighted by molar-refractivity contribution is 6.30. The Labute approximate surface area is 124 Å². The second kappa shape index (κ2) is 6.33. The molecule has 0 aliphatic rings. The van der Waals surface area contributed by atoms with E-state index in [0.29, 0.717) is 0 Å². The van der Waals surface area contributed by atoms with Gasteiger partial charge in [-0.15, -0.1) is 0 Å². The third-order valence-corrected chi connectivity index (χ3v) is 3.70. The lowest BCUT2D eigenvalue weighted by molar-refractivity contribution is 0.406. The minimum atomic E-state index is 0.166. The van der Waals surface area contributed by atoms with Gasteiger partial charge < -0.3 is 14.5 Å². The van der Waals surface area contributed by atoms with Crippen LogP contribution in [0.2, 0.25) is 5.02 Å². The maximum atomic E-state index is 6.09. The molecule has 0 bridgehead atoms. The van der Waals surface area contributed by atoms with Crippen LogP contribution in [-0.2, 0) is 6.42 Å². The summed E-state index contributed by atoms with van der Waals surface area (Å²) in [7, 11) is 3.62. The van der Waals surface area contributed by atoms with Crippen LogP contribution >= 0.6 is 11.6 Å². The van der Waals surface area contributed by atoms with Crippen LogP contribution in [-0.4, -0.2) is 14.2 Å². The Hall–Kier alpha value is -1.45. The molecule has 0 radical (unpaired) electrons. The zero-order chi connectivity index (χ0) is 14.7. The number of rotatable bonds is 5. The minimum absolute atomic E-state index is 0.166. The molecular formula is C16H20ClNO2. The van der Waals surface area contributed by atoms with Crippen LogP contribution in [0, 0.1) is 13.8 Å². The second-order valence-corrected chi connectivity index (χ2v) is 5.31. The Kier molecular flexibility index (Phi) is 4.73. The van der Waals surface area contributed by atoms with Crippen LogP contribution in [0.1, 0.15) is 28.7 Å². The van der Waals surface area contributed by atoms with Crippen molar-refractivity contribution in [3.05, 3.63) is 51.9 Å². The smallest absolute Gasteiger partial charge is 0.122 e. The molecule has 1 N–H and O–H groups in total. The number of aryl methyl sites for hydroxylation is 2. The molecule has 108 valence electrons. The summed E-state index contributed by atoms with van der Waals surface area (Å²) >= 11 is 6.09. The summed E-state index contributed by atoms with van der Waals surface area (Å²) in [6.07, 6.45) is 0.792. The molecular weight excluding hydrogens is 274 g/mol. The van der Waals surface area contributed by atoms with Gasteiger partial charge in [0.25, 0.3) is 0 Å². The molecule has 1 heterocycles. The molecule has 2 aromatic rings. The summed E-state index contributed by atoms with van der Waals surface area (Å²) in [5, 5.41) is 4.05. The summed E-state index contributed by atoms with van der Waals surface area (Å²) in [6, 6.07) is 7.93. The standard InChI is InChI=1S/C16H20ClNO2/c1-10-7-14(11(2)20-10)15(18-3)9-12-8-13(17)5-6-16(12)19-4/h5-8,15,18H,9H2,1-4H3. The number of nitrogens with one attached hydrogen (secondary N) is 1. The van der Waals surface area contributed by atoms with Gasteiger partial charge in [-0.3, -0.25) is 0 Å². The topological polar surface area (TPSA) is 34.4 Å². The Bertz CT molecular complexity index is 592. The van der Waals surface area contributed by atoms with Crippen molar-refractivity contribution in [2.24, 2.45) is 0 Å². The van der Waals surface area contributed by atoms with Gasteiger partial charge in [0, 0.05) is 16.6 Å². The van der Waals surface area contributed by atoms with Gasteiger partial charge in [-0.2, -0.15) is 0 Å². The van der Waals surface area contributed by atoms with Crippen molar-refractivity contribution < 1.29 is 9.15 Å². The molecule has 0 fully saturated rings. The van der Waals surface area contributed by atoms with E-state index >= 15 is 0 Å². The molecule has 1 atom stereocenters. The van der Waals surface area contributed by atoms with Crippen molar-refractivity contribution in [1.29, 1.82) is 0 Å². The maximum absolute atomic E-state index is 6.09. The van der Waals surface area contributed by atoms with Crippen LogP contribution in [0.4, 0.5) is 0 Å². The zero-order valence-electron chi connectivity index (χ0n) is 12.3. The Morgan fingerprint density at radius 2 is 2.05 bits per heavy atom. The van der Waals surface area contributed by atoms with Crippen LogP contribution in [0.25, 0.3) is 0 Å². The fourth-order valence-electron chi connectivity index (χ4n) is 2.49. The summed E-state index contributed by atoms with van der Waals surface area (Å²) in [4.78, 5) is 0. The van der Waals surface area contributed by atoms with Crippen molar-refractivity contribution in [3.63, 3.8) is 0 Å². The molecule has 20 heavy (non-hydrogen) atoms. The van der Waals surface area contributed by atoms with E-state index in [9.17, 15) is 0 Å². The van der Waals surface area contributed by atoms with E-state index in [-0.39, 0.29) is 6.04 Å². The lowest BCUT2D eigenvalue weighted by atomic mass is 9.98. The van der Waals surface area contributed by atoms with Crippen molar-refractivity contribution >= 4 is 11.6 Å². The molecule has 1 unspecified atom stereocenters. The zero-order valence-corrected chi connectivity index (χ0v) is 13.0. The van der Waals surface area contributed by atoms with E-state index in [1.807, 2.05) is 39.1 Å². The fraction of sp³-hybridized carbons (Fsp3) is 0.375. The largest absolute Gasteiger partial charge is 0.496 e. The Morgan fingerprint density at radius 3 is 2.60 bits per heavy atom. The molecule has 4 heteroatoms. The average Bonchev–Trinajstić information content (AvgIpc) is 2.75. The second-order valence-electron chi connectivity index (χ2n) is 4.87. The van der Waals surface area contributed by atoms with E-state index in [1.165, 1.54) is 5.56 Å². The van der Waals surface area contributed by atoms with Gasteiger partial charge in [0.2, 0.25) is 0 Å². The third kappa shape index (κ3) is 3.17. The SMILES string of the molecule is CNC(Cc1cc(Cl)ccc1OC)c1cc(C)oc1C. The third-order valence-electron chi connectivity index (χ3n) is 3.47. The summed E-state index contributed by atoms with van der Waals surface area (Å²) < 4.78 is 11.0. The molecule has 0 aliphatic carbocycles. The first-order valence-electron chi connectivity index (χ1n) is 6.61. The summed E-state index contributed by atoms with van der Waals surface area (Å²) in [6.45, 7) is 3.95. The van der Waals surface area contributed by atoms with Gasteiger partial charge >= 0.3 is 0 Å². The molecule has 0 spiro atoms. The van der Waals surface area contributed by atoms with Crippen LogP contribution in [0.3, 0.4) is 0 Å². The monoisotopic (exact) mass is 293 g/mol. The van der Waals surface area contributed by atoms with Gasteiger partial charge in [-0.05, 0) is 57.1 Å². The van der Waals surface area contributed by atoms with E-state index in [1.54, 1.807) is 7.11 Å². The number of ether oxygens (including phenoxy) is 1. The van der Waals surface area contributed by atoms with Crippen molar-refractivity contribution in [2.75, 3.05) is 14.2 Å². The van der Waals surface area contributed by atoms with E-state index < -0.39 is 0 Å². The molecule has 0 aliphatic heterocycles. The number of benzene rings is 1. The quantitative estimate of drug-likeness (QED) is 0.902. The van der Waals surface area contributed by atoms with Gasteiger partial charge in [-0.25, -0.2) is 0 Å². The highest BCUT2D eigenvalue weighted by Gasteiger charge is 2.18. The molecule has 1 aromatic heterocycles. The highest BCUT2D eigenvalue weighted by Crippen LogP contribution is 2.30. The predicted molar refractivity (Wildman–Crippen MR) is 81.7 cm³/mol. The van der Waals surface area contributed by atoms with Gasteiger partial charge in [-0.1, -0.05) is 11.6 Å². The average molecular weight is 294 g/mol. The Morgan fingerprint density at radius 1 is 1.30 bits per heavy atom. The Balaban J connectivity index is 2.31. The van der Waals surface area contributed by atoms with Crippen LogP contribution in [0.5, 0.6) is 5.75 Å². The maximum Gasteiger partial charge on any atom is 0.122 e. The predicted octanol–water partition coefficient (Wildman–Crippen LogP) is 4.06. The fourth-order valence-corrected chi connectivity index (χ4v) is 2.69. The minimum Gasteiger partial charge on any atom is -0.496 e. The summed E-state index contributed by atoms with van der Waals surface area (Å²) in [5.41, 5.74) is 2.25. The number of halogens is 1. The molecule has 2 rings (SSSR count). The molecule has 3 nitrogen and oxygen atoms in total. The van der Waals surface area contributed by atoms with Crippen LogP contribution < -0.4 is 10.1 Å². The first-order chi connectivity index (χ1) is 9.55. The number of methoxy groups -OCH3 is 1. The molecule has 0 amide bonds. The summed E-state index contributed by atoms with van der Waals surface area (Å²) in [5.74, 6) is 2.73. The number of likely N-dealkylation sites (N-methyl/N-ethyl adjacent to an activating group) is 1. The number of hydrogen-bond donors (Lipinski definition) is 1. The lowest BCUT2D eigenvalue weighted by Crippen LogP contribution is -2.19. The van der Waals surface area contributed by atoms with E-state index in [4.69, 9.17) is 20.8 Å². The van der Waals surface area contributed by atoms with Crippen molar-refractivity contribution in [1.82, 2.24) is 5.32 Å². The molecule has 0 saturated heterocycles. The van der Waals surface area contributed by atoms with Crippen molar-refractivity contribution in [3.8, 4) is 5.75 Å². The number of furan rings is 1. The van der Waals surface area contributed by atoms with Crippen molar-refractivity contribution in [2.45, 2.75) is 26.3 Å². The van der Waals surface area contributed by atoms with Gasteiger partial charge in [0.05, 0.1) is 7.11 Å². The molecule has 0 saturated carbocycles.